The summed E-state index contributed by atoms with van der Waals surface area (Å²) in [6.45, 7) is 4.78. The van der Waals surface area contributed by atoms with Crippen molar-refractivity contribution in [2.75, 3.05) is 0 Å². The molecular formula is C44H32N4. The predicted molar refractivity (Wildman–Crippen MR) is 195 cm³/mol. The summed E-state index contributed by atoms with van der Waals surface area (Å²) in [5.74, 6) is 1.99. The normalized spacial score (nSPS) is 14.0. The summed E-state index contributed by atoms with van der Waals surface area (Å²) in [7, 11) is 0. The van der Waals surface area contributed by atoms with Crippen LogP contribution in [0.3, 0.4) is 0 Å². The first kappa shape index (κ1) is 27.3. The summed E-state index contributed by atoms with van der Waals surface area (Å²) < 4.78 is 2.52. The van der Waals surface area contributed by atoms with Crippen molar-refractivity contribution < 1.29 is 0 Å². The third-order valence-electron chi connectivity index (χ3n) is 10.5. The molecule has 0 unspecified atom stereocenters. The first-order valence-electron chi connectivity index (χ1n) is 16.8. The number of hydrogen-bond donors (Lipinski definition) is 0. The second-order valence-corrected chi connectivity index (χ2v) is 13.6. The fraction of sp³-hybridized carbons (Fsp3) is 0.114. The molecule has 4 heteroatoms. The van der Waals surface area contributed by atoms with Crippen LogP contribution in [-0.4, -0.2) is 19.5 Å². The standard InChI is InChI=1S/C44H32N4/c1-44(2)35-21-10-9-20-33(35)34-26-30-24-23-27-17-12-22-36-37(27)38(30)40(39(34)44)48(36)32-19-11-18-31(25-32)43-46-41(28-13-5-3-6-14-28)45-42(47-43)29-15-7-4-8-16-29/h3-22,25-26H,23-24H2,1-2H3. The molecule has 2 aliphatic carbocycles. The van der Waals surface area contributed by atoms with Crippen molar-refractivity contribution in [1.29, 1.82) is 0 Å². The van der Waals surface area contributed by atoms with Gasteiger partial charge in [0.25, 0.3) is 0 Å². The predicted octanol–water partition coefficient (Wildman–Crippen LogP) is 10.4. The minimum atomic E-state index is -0.144. The maximum atomic E-state index is 5.06. The van der Waals surface area contributed by atoms with E-state index in [1.54, 1.807) is 0 Å². The molecule has 4 nitrogen and oxygen atoms in total. The van der Waals surface area contributed by atoms with E-state index < -0.39 is 0 Å². The monoisotopic (exact) mass is 616 g/mol. The van der Waals surface area contributed by atoms with Gasteiger partial charge in [0.15, 0.2) is 17.5 Å². The molecule has 2 aliphatic rings. The number of fused-ring (bicyclic) bond motifs is 4. The van der Waals surface area contributed by atoms with E-state index in [2.05, 4.69) is 115 Å². The summed E-state index contributed by atoms with van der Waals surface area (Å²) >= 11 is 0. The Morgan fingerprint density at radius 2 is 1.12 bits per heavy atom. The van der Waals surface area contributed by atoms with Crippen LogP contribution in [0.25, 0.3) is 72.8 Å². The molecule has 0 atom stereocenters. The summed E-state index contributed by atoms with van der Waals surface area (Å²) in [6, 6.07) is 47.4. The molecule has 0 spiro atoms. The Balaban J connectivity index is 1.25. The van der Waals surface area contributed by atoms with E-state index in [0.717, 1.165) is 35.2 Å². The van der Waals surface area contributed by atoms with Gasteiger partial charge < -0.3 is 4.57 Å². The van der Waals surface area contributed by atoms with Crippen molar-refractivity contribution in [3.05, 3.63) is 156 Å². The van der Waals surface area contributed by atoms with Gasteiger partial charge in [0, 0.05) is 38.6 Å². The van der Waals surface area contributed by atoms with E-state index in [4.69, 9.17) is 15.0 Å². The molecule has 6 aromatic carbocycles. The van der Waals surface area contributed by atoms with Gasteiger partial charge in [-0.25, -0.2) is 15.0 Å². The van der Waals surface area contributed by atoms with Crippen LogP contribution in [0, 0.1) is 0 Å². The number of hydrogen-bond acceptors (Lipinski definition) is 3. The summed E-state index contributed by atoms with van der Waals surface area (Å²) in [6.07, 6.45) is 2.11. The Morgan fingerprint density at radius 1 is 0.521 bits per heavy atom. The lowest BCUT2D eigenvalue weighted by Crippen LogP contribution is -2.17. The number of rotatable bonds is 4. The maximum absolute atomic E-state index is 5.06. The first-order valence-corrected chi connectivity index (χ1v) is 16.8. The number of aryl methyl sites for hydroxylation is 2. The molecule has 0 saturated heterocycles. The highest BCUT2D eigenvalue weighted by Gasteiger charge is 2.40. The molecule has 0 radical (unpaired) electrons. The van der Waals surface area contributed by atoms with E-state index in [0.29, 0.717) is 17.5 Å². The van der Waals surface area contributed by atoms with Crippen molar-refractivity contribution in [2.24, 2.45) is 0 Å². The van der Waals surface area contributed by atoms with Gasteiger partial charge in [-0.3, -0.25) is 0 Å². The van der Waals surface area contributed by atoms with Crippen molar-refractivity contribution in [1.82, 2.24) is 19.5 Å². The molecule has 0 aliphatic heterocycles. The average Bonchev–Trinajstić information content (AvgIpc) is 3.61. The second-order valence-electron chi connectivity index (χ2n) is 13.6. The van der Waals surface area contributed by atoms with Crippen LogP contribution in [0.15, 0.2) is 133 Å². The lowest BCUT2D eigenvalue weighted by atomic mass is 9.80. The molecule has 48 heavy (non-hydrogen) atoms. The third-order valence-corrected chi connectivity index (χ3v) is 10.5. The highest BCUT2D eigenvalue weighted by molar-refractivity contribution is 6.16. The molecule has 0 N–H and O–H groups in total. The minimum Gasteiger partial charge on any atom is -0.309 e. The van der Waals surface area contributed by atoms with Crippen molar-refractivity contribution in [2.45, 2.75) is 32.1 Å². The zero-order chi connectivity index (χ0) is 32.0. The Bertz CT molecular complexity index is 2520. The highest BCUT2D eigenvalue weighted by Crippen LogP contribution is 2.55. The molecule has 0 amide bonds. The van der Waals surface area contributed by atoms with E-state index in [-0.39, 0.29) is 5.41 Å². The van der Waals surface area contributed by atoms with Gasteiger partial charge in [0.05, 0.1) is 11.0 Å². The van der Waals surface area contributed by atoms with E-state index >= 15 is 0 Å². The third kappa shape index (κ3) is 3.86. The van der Waals surface area contributed by atoms with Crippen LogP contribution in [-0.2, 0) is 18.3 Å². The van der Waals surface area contributed by atoms with E-state index in [9.17, 15) is 0 Å². The summed E-state index contributed by atoms with van der Waals surface area (Å²) in [4.78, 5) is 15.1. The Labute approximate surface area is 279 Å². The van der Waals surface area contributed by atoms with Gasteiger partial charge >= 0.3 is 0 Å². The molecule has 0 fully saturated rings. The number of aromatic nitrogens is 4. The van der Waals surface area contributed by atoms with E-state index in [1.807, 2.05) is 36.4 Å². The van der Waals surface area contributed by atoms with Crippen LogP contribution in [0.2, 0.25) is 0 Å². The smallest absolute Gasteiger partial charge is 0.164 e. The Hall–Kier alpha value is -5.87. The molecule has 10 rings (SSSR count). The van der Waals surface area contributed by atoms with Gasteiger partial charge in [-0.1, -0.05) is 129 Å². The fourth-order valence-corrected chi connectivity index (χ4v) is 8.32. The van der Waals surface area contributed by atoms with Crippen LogP contribution < -0.4 is 0 Å². The van der Waals surface area contributed by atoms with Crippen molar-refractivity contribution in [3.63, 3.8) is 0 Å². The SMILES string of the molecule is CC1(C)c2ccccc2-c2cc3c4c5c(cccc5n(-c5cccc(-c6nc(-c7ccccc7)nc(-c7ccccc7)n6)c5)c4c21)CC3. The Morgan fingerprint density at radius 3 is 1.85 bits per heavy atom. The van der Waals surface area contributed by atoms with Gasteiger partial charge in [0.2, 0.25) is 0 Å². The number of benzene rings is 6. The molecule has 0 bridgehead atoms. The summed E-state index contributed by atoms with van der Waals surface area (Å²) in [5.41, 5.74) is 14.9. The number of nitrogens with zero attached hydrogens (tertiary/aromatic N) is 4. The molecule has 8 aromatic rings. The maximum Gasteiger partial charge on any atom is 0.164 e. The van der Waals surface area contributed by atoms with Crippen molar-refractivity contribution >= 4 is 21.8 Å². The molecule has 0 saturated carbocycles. The van der Waals surface area contributed by atoms with E-state index in [1.165, 1.54) is 55.2 Å². The van der Waals surface area contributed by atoms with Gasteiger partial charge in [0.1, 0.15) is 0 Å². The van der Waals surface area contributed by atoms with Crippen LogP contribution >= 0.6 is 0 Å². The molecule has 228 valence electrons. The quantitative estimate of drug-likeness (QED) is 0.198. The fourth-order valence-electron chi connectivity index (χ4n) is 8.32. The topological polar surface area (TPSA) is 43.6 Å². The van der Waals surface area contributed by atoms with Gasteiger partial charge in [-0.05, 0) is 64.4 Å². The zero-order valence-electron chi connectivity index (χ0n) is 26.9. The lowest BCUT2D eigenvalue weighted by molar-refractivity contribution is 0.663. The molecule has 2 aromatic heterocycles. The van der Waals surface area contributed by atoms with Crippen LogP contribution in [0.1, 0.15) is 36.1 Å². The second kappa shape index (κ2) is 10.1. The average molecular weight is 617 g/mol. The van der Waals surface area contributed by atoms with Crippen LogP contribution in [0.4, 0.5) is 0 Å². The first-order chi connectivity index (χ1) is 23.6. The van der Waals surface area contributed by atoms with Gasteiger partial charge in [-0.2, -0.15) is 0 Å². The lowest BCUT2D eigenvalue weighted by Gasteiger charge is -2.24. The minimum absolute atomic E-state index is 0.144. The Kier molecular flexibility index (Phi) is 5.72. The molecular weight excluding hydrogens is 585 g/mol. The highest BCUT2D eigenvalue weighted by atomic mass is 15.0. The van der Waals surface area contributed by atoms with Crippen molar-refractivity contribution in [3.8, 4) is 51.0 Å². The van der Waals surface area contributed by atoms with Gasteiger partial charge in [-0.15, -0.1) is 0 Å². The largest absolute Gasteiger partial charge is 0.309 e. The zero-order valence-corrected chi connectivity index (χ0v) is 26.9. The molecule has 2 heterocycles. The summed E-state index contributed by atoms with van der Waals surface area (Å²) in [5, 5.41) is 2.81. The van der Waals surface area contributed by atoms with Crippen LogP contribution in [0.5, 0.6) is 0 Å².